The number of benzene rings is 3. The molecule has 0 bridgehead atoms. The highest BCUT2D eigenvalue weighted by atomic mass is 32.2. The molecule has 0 N–H and O–H groups in total. The van der Waals surface area contributed by atoms with Crippen molar-refractivity contribution in [1.82, 2.24) is 0 Å². The van der Waals surface area contributed by atoms with Gasteiger partial charge in [-0.05, 0) is 47.2 Å². The molecule has 0 aliphatic carbocycles. The summed E-state index contributed by atoms with van der Waals surface area (Å²) in [6.45, 7) is 8.36. The summed E-state index contributed by atoms with van der Waals surface area (Å²) in [4.78, 5) is 0.221. The van der Waals surface area contributed by atoms with Crippen LogP contribution in [0.15, 0.2) is 77.7 Å². The van der Waals surface area contributed by atoms with Crippen molar-refractivity contribution in [1.29, 1.82) is 0 Å². The zero-order valence-electron chi connectivity index (χ0n) is 18.3. The second kappa shape index (κ2) is 7.79. The van der Waals surface area contributed by atoms with Crippen LogP contribution in [0.25, 0.3) is 0 Å². The summed E-state index contributed by atoms with van der Waals surface area (Å²) >= 11 is 0. The summed E-state index contributed by atoms with van der Waals surface area (Å²) in [6, 6.07) is 21.6. The Morgan fingerprint density at radius 3 is 2.16 bits per heavy atom. The van der Waals surface area contributed by atoms with E-state index in [1.807, 2.05) is 43.3 Å². The van der Waals surface area contributed by atoms with Gasteiger partial charge in [0.05, 0.1) is 10.6 Å². The molecule has 2 atom stereocenters. The first-order valence-corrected chi connectivity index (χ1v) is 12.0. The van der Waals surface area contributed by atoms with Gasteiger partial charge in [0.15, 0.2) is 0 Å². The quantitative estimate of drug-likeness (QED) is 0.481. The van der Waals surface area contributed by atoms with E-state index in [1.54, 1.807) is 36.4 Å². The maximum Gasteiger partial charge on any atom is 0.264 e. The van der Waals surface area contributed by atoms with Crippen molar-refractivity contribution in [3.63, 3.8) is 0 Å². The summed E-state index contributed by atoms with van der Waals surface area (Å²) < 4.78 is 43.8. The van der Waals surface area contributed by atoms with Crippen LogP contribution in [-0.4, -0.2) is 15.0 Å². The molecule has 3 aromatic rings. The highest BCUT2D eigenvalue weighted by molar-refractivity contribution is 7.92. The maximum atomic E-state index is 15.7. The molecule has 0 spiro atoms. The molecule has 1 heterocycles. The standard InChI is InChI=1S/C26H28FNO2S/c1-18-9-15-21(16-10-18)31(29,30)28-17-23(22-7-5-6-8-24(22)28)25(27)19-11-13-20(14-12-19)26(2,3)4/h5-16,23,25H,17H2,1-4H3. The second-order valence-electron chi connectivity index (χ2n) is 9.29. The second-order valence-corrected chi connectivity index (χ2v) is 11.2. The molecule has 0 radical (unpaired) electrons. The van der Waals surface area contributed by atoms with Crippen LogP contribution < -0.4 is 4.31 Å². The lowest BCUT2D eigenvalue weighted by molar-refractivity contribution is 0.297. The molecule has 0 saturated heterocycles. The average Bonchev–Trinajstić information content (AvgIpc) is 3.13. The first-order chi connectivity index (χ1) is 14.6. The van der Waals surface area contributed by atoms with E-state index in [4.69, 9.17) is 0 Å². The van der Waals surface area contributed by atoms with Crippen LogP contribution in [0.1, 0.15) is 55.1 Å². The number of nitrogens with zero attached hydrogens (tertiary/aromatic N) is 1. The smallest absolute Gasteiger partial charge is 0.264 e. The van der Waals surface area contributed by atoms with E-state index in [0.717, 1.165) is 16.7 Å². The number of hydrogen-bond donors (Lipinski definition) is 0. The van der Waals surface area contributed by atoms with Gasteiger partial charge in [-0.2, -0.15) is 0 Å². The van der Waals surface area contributed by atoms with E-state index in [-0.39, 0.29) is 16.9 Å². The zero-order chi connectivity index (χ0) is 22.4. The van der Waals surface area contributed by atoms with Crippen LogP contribution in [0, 0.1) is 6.92 Å². The molecule has 5 heteroatoms. The Bertz CT molecular complexity index is 1180. The number of fused-ring (bicyclic) bond motifs is 1. The summed E-state index contributed by atoms with van der Waals surface area (Å²) in [5.41, 5.74) is 3.97. The largest absolute Gasteiger partial charge is 0.265 e. The summed E-state index contributed by atoms with van der Waals surface area (Å²) in [5.74, 6) is -0.558. The fourth-order valence-electron chi connectivity index (χ4n) is 4.12. The molecule has 4 rings (SSSR count). The van der Waals surface area contributed by atoms with Gasteiger partial charge in [-0.25, -0.2) is 12.8 Å². The summed E-state index contributed by atoms with van der Waals surface area (Å²) in [6.07, 6.45) is -1.30. The van der Waals surface area contributed by atoms with Gasteiger partial charge in [-0.15, -0.1) is 0 Å². The monoisotopic (exact) mass is 437 g/mol. The van der Waals surface area contributed by atoms with E-state index in [2.05, 4.69) is 20.8 Å². The van der Waals surface area contributed by atoms with Gasteiger partial charge in [-0.1, -0.05) is 80.9 Å². The van der Waals surface area contributed by atoms with Gasteiger partial charge in [0.2, 0.25) is 0 Å². The van der Waals surface area contributed by atoms with Crippen LogP contribution in [0.2, 0.25) is 0 Å². The number of anilines is 1. The minimum atomic E-state index is -3.78. The normalized spacial score (nSPS) is 17.5. The third-order valence-electron chi connectivity index (χ3n) is 6.02. The van der Waals surface area contributed by atoms with Crippen molar-refractivity contribution in [3.8, 4) is 0 Å². The third kappa shape index (κ3) is 3.99. The number of aryl methyl sites for hydroxylation is 1. The van der Waals surface area contributed by atoms with Crippen molar-refractivity contribution < 1.29 is 12.8 Å². The van der Waals surface area contributed by atoms with Gasteiger partial charge in [0.25, 0.3) is 10.0 Å². The maximum absolute atomic E-state index is 15.7. The molecule has 0 amide bonds. The Kier molecular flexibility index (Phi) is 5.42. The van der Waals surface area contributed by atoms with E-state index < -0.39 is 22.1 Å². The molecular formula is C26H28FNO2S. The predicted octanol–water partition coefficient (Wildman–Crippen LogP) is 6.30. The van der Waals surface area contributed by atoms with Gasteiger partial charge < -0.3 is 0 Å². The number of sulfonamides is 1. The molecule has 1 aliphatic heterocycles. The Morgan fingerprint density at radius 1 is 0.935 bits per heavy atom. The first kappa shape index (κ1) is 21.6. The van der Waals surface area contributed by atoms with Crippen LogP contribution in [0.5, 0.6) is 0 Å². The molecule has 3 nitrogen and oxygen atoms in total. The summed E-state index contributed by atoms with van der Waals surface area (Å²) in [7, 11) is -3.78. The Balaban J connectivity index is 1.69. The molecule has 0 fully saturated rings. The Morgan fingerprint density at radius 2 is 1.55 bits per heavy atom. The first-order valence-electron chi connectivity index (χ1n) is 10.5. The molecule has 2 unspecified atom stereocenters. The minimum Gasteiger partial charge on any atom is -0.265 e. The van der Waals surface area contributed by atoms with E-state index in [1.165, 1.54) is 4.31 Å². The zero-order valence-corrected chi connectivity index (χ0v) is 19.2. The van der Waals surface area contributed by atoms with Crippen LogP contribution in [0.4, 0.5) is 10.1 Å². The Hall–Kier alpha value is -2.66. The lowest BCUT2D eigenvalue weighted by Crippen LogP contribution is -2.30. The van der Waals surface area contributed by atoms with Crippen LogP contribution >= 0.6 is 0 Å². The number of halogens is 1. The van der Waals surface area contributed by atoms with E-state index in [9.17, 15) is 8.42 Å². The van der Waals surface area contributed by atoms with E-state index in [0.29, 0.717) is 11.3 Å². The van der Waals surface area contributed by atoms with Gasteiger partial charge in [0, 0.05) is 12.5 Å². The number of rotatable bonds is 4. The molecule has 0 saturated carbocycles. The Labute approximate surface area is 184 Å². The van der Waals surface area contributed by atoms with Crippen LogP contribution in [-0.2, 0) is 15.4 Å². The fourth-order valence-corrected chi connectivity index (χ4v) is 5.63. The summed E-state index contributed by atoms with van der Waals surface area (Å²) in [5, 5.41) is 0. The van der Waals surface area contributed by atoms with Gasteiger partial charge >= 0.3 is 0 Å². The lowest BCUT2D eigenvalue weighted by atomic mass is 9.85. The SMILES string of the molecule is Cc1ccc(S(=O)(=O)N2CC(C(F)c3ccc(C(C)(C)C)cc3)c3ccccc32)cc1. The molecule has 31 heavy (non-hydrogen) atoms. The molecule has 0 aromatic heterocycles. The van der Waals surface area contributed by atoms with Crippen molar-refractivity contribution in [2.45, 2.75) is 50.1 Å². The van der Waals surface area contributed by atoms with Crippen molar-refractivity contribution in [2.24, 2.45) is 0 Å². The van der Waals surface area contributed by atoms with E-state index >= 15 is 4.39 Å². The topological polar surface area (TPSA) is 37.4 Å². The molecular weight excluding hydrogens is 409 g/mol. The lowest BCUT2D eigenvalue weighted by Gasteiger charge is -2.22. The van der Waals surface area contributed by atoms with Crippen LogP contribution in [0.3, 0.4) is 0 Å². The minimum absolute atomic E-state index is 0.0107. The predicted molar refractivity (Wildman–Crippen MR) is 124 cm³/mol. The number of para-hydroxylation sites is 1. The van der Waals surface area contributed by atoms with Crippen molar-refractivity contribution in [2.75, 3.05) is 10.8 Å². The third-order valence-corrected chi connectivity index (χ3v) is 7.82. The average molecular weight is 438 g/mol. The molecule has 3 aromatic carbocycles. The number of hydrogen-bond acceptors (Lipinski definition) is 2. The molecule has 162 valence electrons. The van der Waals surface area contributed by atoms with Crippen molar-refractivity contribution >= 4 is 15.7 Å². The fraction of sp³-hybridized carbons (Fsp3) is 0.308. The van der Waals surface area contributed by atoms with Gasteiger partial charge in [0.1, 0.15) is 6.17 Å². The van der Waals surface area contributed by atoms with Crippen molar-refractivity contribution in [3.05, 3.63) is 95.1 Å². The highest BCUT2D eigenvalue weighted by Crippen LogP contribution is 2.46. The number of alkyl halides is 1. The highest BCUT2D eigenvalue weighted by Gasteiger charge is 2.40. The molecule has 1 aliphatic rings. The van der Waals surface area contributed by atoms with Gasteiger partial charge in [-0.3, -0.25) is 4.31 Å².